The van der Waals surface area contributed by atoms with Gasteiger partial charge in [-0.1, -0.05) is 19.9 Å². The Bertz CT molecular complexity index is 494. The Morgan fingerprint density at radius 1 is 1.38 bits per heavy atom. The van der Waals surface area contributed by atoms with Gasteiger partial charge in [0.15, 0.2) is 6.10 Å². The fourth-order valence-electron chi connectivity index (χ4n) is 2.45. The van der Waals surface area contributed by atoms with E-state index in [-0.39, 0.29) is 17.9 Å². The number of rotatable bonds is 5. The number of benzene rings is 1. The van der Waals surface area contributed by atoms with Crippen LogP contribution in [-0.2, 0) is 11.2 Å². The van der Waals surface area contributed by atoms with E-state index in [1.807, 2.05) is 26.8 Å². The lowest BCUT2D eigenvalue weighted by atomic mass is 10.0. The molecule has 1 amide bonds. The Balaban J connectivity index is 1.86. The summed E-state index contributed by atoms with van der Waals surface area (Å²) in [4.78, 5) is 12.1. The standard InChI is InChI=1S/C17H25NO3/c1-10(2)14(19)5-6-18-17(20)16-9-13-7-11(3)12(4)8-15(13)21-16/h7-8,10,14,16,19H,5-6,9H2,1-4H3,(H,18,20). The van der Waals surface area contributed by atoms with Gasteiger partial charge in [0, 0.05) is 13.0 Å². The number of ether oxygens (including phenoxy) is 1. The lowest BCUT2D eigenvalue weighted by molar-refractivity contribution is -0.127. The van der Waals surface area contributed by atoms with Crippen LogP contribution in [0.1, 0.15) is 37.0 Å². The van der Waals surface area contributed by atoms with E-state index in [0.29, 0.717) is 19.4 Å². The van der Waals surface area contributed by atoms with Crippen molar-refractivity contribution in [3.63, 3.8) is 0 Å². The molecular formula is C17H25NO3. The first-order valence-electron chi connectivity index (χ1n) is 7.61. The first kappa shape index (κ1) is 15.8. The van der Waals surface area contributed by atoms with Gasteiger partial charge in [0.25, 0.3) is 5.91 Å². The third-order valence-corrected chi connectivity index (χ3v) is 4.15. The summed E-state index contributed by atoms with van der Waals surface area (Å²) >= 11 is 0. The number of aliphatic hydroxyl groups excluding tert-OH is 1. The predicted molar refractivity (Wildman–Crippen MR) is 82.5 cm³/mol. The molecule has 1 aromatic carbocycles. The smallest absolute Gasteiger partial charge is 0.261 e. The molecule has 0 aromatic heterocycles. The molecule has 2 atom stereocenters. The molecule has 1 aliphatic rings. The van der Waals surface area contributed by atoms with Gasteiger partial charge in [0.2, 0.25) is 0 Å². The number of hydrogen-bond acceptors (Lipinski definition) is 3. The minimum absolute atomic E-state index is 0.0996. The number of aryl methyl sites for hydroxylation is 2. The number of aliphatic hydroxyl groups is 1. The van der Waals surface area contributed by atoms with E-state index in [4.69, 9.17) is 4.74 Å². The monoisotopic (exact) mass is 291 g/mol. The topological polar surface area (TPSA) is 58.6 Å². The fourth-order valence-corrected chi connectivity index (χ4v) is 2.45. The Labute approximate surface area is 126 Å². The van der Waals surface area contributed by atoms with Gasteiger partial charge >= 0.3 is 0 Å². The number of hydrogen-bond donors (Lipinski definition) is 2. The molecule has 0 bridgehead atoms. The largest absolute Gasteiger partial charge is 0.480 e. The fraction of sp³-hybridized carbons (Fsp3) is 0.588. The van der Waals surface area contributed by atoms with Crippen molar-refractivity contribution in [2.24, 2.45) is 5.92 Å². The van der Waals surface area contributed by atoms with Crippen LogP contribution in [0.5, 0.6) is 5.75 Å². The zero-order valence-electron chi connectivity index (χ0n) is 13.3. The lowest BCUT2D eigenvalue weighted by Gasteiger charge is -2.16. The molecule has 21 heavy (non-hydrogen) atoms. The summed E-state index contributed by atoms with van der Waals surface area (Å²) in [5.41, 5.74) is 3.49. The van der Waals surface area contributed by atoms with Crippen LogP contribution in [0.4, 0.5) is 0 Å². The van der Waals surface area contributed by atoms with Crippen molar-refractivity contribution in [1.82, 2.24) is 5.32 Å². The number of amides is 1. The SMILES string of the molecule is Cc1cc2c(cc1C)OC(C(=O)NCCC(O)C(C)C)C2. The molecule has 2 N–H and O–H groups in total. The normalized spacial score (nSPS) is 18.3. The maximum absolute atomic E-state index is 12.1. The summed E-state index contributed by atoms with van der Waals surface area (Å²) in [5, 5.41) is 12.6. The van der Waals surface area contributed by atoms with Crippen molar-refractivity contribution in [3.05, 3.63) is 28.8 Å². The average molecular weight is 291 g/mol. The minimum atomic E-state index is -0.447. The highest BCUT2D eigenvalue weighted by molar-refractivity contribution is 5.82. The summed E-state index contributed by atoms with van der Waals surface area (Å²) in [5.74, 6) is 0.928. The second-order valence-corrected chi connectivity index (χ2v) is 6.25. The maximum atomic E-state index is 12.1. The lowest BCUT2D eigenvalue weighted by Crippen LogP contribution is -2.39. The van der Waals surface area contributed by atoms with Gasteiger partial charge < -0.3 is 15.2 Å². The van der Waals surface area contributed by atoms with Gasteiger partial charge in [-0.3, -0.25) is 4.79 Å². The third kappa shape index (κ3) is 3.76. The summed E-state index contributed by atoms with van der Waals surface area (Å²) in [6, 6.07) is 4.10. The van der Waals surface area contributed by atoms with Crippen molar-refractivity contribution < 1.29 is 14.6 Å². The van der Waals surface area contributed by atoms with Crippen molar-refractivity contribution in [2.45, 2.75) is 52.7 Å². The Hall–Kier alpha value is -1.55. The molecule has 0 spiro atoms. The number of nitrogens with one attached hydrogen (secondary N) is 1. The van der Waals surface area contributed by atoms with Gasteiger partial charge in [0.05, 0.1) is 6.10 Å². The van der Waals surface area contributed by atoms with Crippen LogP contribution in [0.3, 0.4) is 0 Å². The quantitative estimate of drug-likeness (QED) is 0.874. The molecule has 0 fully saturated rings. The minimum Gasteiger partial charge on any atom is -0.480 e. The maximum Gasteiger partial charge on any atom is 0.261 e. The molecule has 2 unspecified atom stereocenters. The first-order valence-corrected chi connectivity index (χ1v) is 7.61. The molecule has 4 heteroatoms. The molecule has 0 aliphatic carbocycles. The number of fused-ring (bicyclic) bond motifs is 1. The zero-order valence-corrected chi connectivity index (χ0v) is 13.3. The van der Waals surface area contributed by atoms with Gasteiger partial charge in [-0.25, -0.2) is 0 Å². The van der Waals surface area contributed by atoms with Crippen LogP contribution in [0.2, 0.25) is 0 Å². The van der Waals surface area contributed by atoms with Crippen LogP contribution >= 0.6 is 0 Å². The van der Waals surface area contributed by atoms with E-state index >= 15 is 0 Å². The molecular weight excluding hydrogens is 266 g/mol. The summed E-state index contributed by atoms with van der Waals surface area (Å²) in [6.45, 7) is 8.52. The van der Waals surface area contributed by atoms with Gasteiger partial charge in [-0.2, -0.15) is 0 Å². The Kier molecular flexibility index (Phi) is 4.88. The van der Waals surface area contributed by atoms with Crippen LogP contribution in [-0.4, -0.2) is 29.8 Å². The Morgan fingerprint density at radius 2 is 2.05 bits per heavy atom. The predicted octanol–water partition coefficient (Wildman–Crippen LogP) is 2.13. The molecule has 0 saturated heterocycles. The summed E-state index contributed by atoms with van der Waals surface area (Å²) < 4.78 is 5.73. The van der Waals surface area contributed by atoms with Crippen molar-refractivity contribution >= 4 is 5.91 Å². The first-order chi connectivity index (χ1) is 9.88. The van der Waals surface area contributed by atoms with E-state index in [1.165, 1.54) is 11.1 Å². The van der Waals surface area contributed by atoms with E-state index < -0.39 is 6.10 Å². The molecule has 1 aromatic rings. The number of carbonyl (C=O) groups is 1. The molecule has 0 saturated carbocycles. The van der Waals surface area contributed by atoms with Crippen LogP contribution in [0, 0.1) is 19.8 Å². The molecule has 116 valence electrons. The number of carbonyl (C=O) groups excluding carboxylic acids is 1. The summed E-state index contributed by atoms with van der Waals surface area (Å²) in [6.07, 6.45) is 0.366. The van der Waals surface area contributed by atoms with Gasteiger partial charge in [0.1, 0.15) is 5.75 Å². The average Bonchev–Trinajstić information content (AvgIpc) is 2.81. The molecule has 0 radical (unpaired) electrons. The molecule has 1 aliphatic heterocycles. The third-order valence-electron chi connectivity index (χ3n) is 4.15. The zero-order chi connectivity index (χ0) is 15.6. The highest BCUT2D eigenvalue weighted by atomic mass is 16.5. The van der Waals surface area contributed by atoms with Crippen molar-refractivity contribution in [2.75, 3.05) is 6.54 Å². The second kappa shape index (κ2) is 6.48. The molecule has 2 rings (SSSR count). The van der Waals surface area contributed by atoms with E-state index in [9.17, 15) is 9.90 Å². The Morgan fingerprint density at radius 3 is 2.71 bits per heavy atom. The summed E-state index contributed by atoms with van der Waals surface area (Å²) in [7, 11) is 0. The van der Waals surface area contributed by atoms with Crippen LogP contribution < -0.4 is 10.1 Å². The van der Waals surface area contributed by atoms with E-state index in [2.05, 4.69) is 18.3 Å². The van der Waals surface area contributed by atoms with E-state index in [0.717, 1.165) is 11.3 Å². The highest BCUT2D eigenvalue weighted by Gasteiger charge is 2.29. The second-order valence-electron chi connectivity index (χ2n) is 6.25. The molecule has 1 heterocycles. The van der Waals surface area contributed by atoms with Gasteiger partial charge in [-0.15, -0.1) is 0 Å². The van der Waals surface area contributed by atoms with Gasteiger partial charge in [-0.05, 0) is 48.9 Å². The van der Waals surface area contributed by atoms with Crippen molar-refractivity contribution in [1.29, 1.82) is 0 Å². The van der Waals surface area contributed by atoms with Crippen LogP contribution in [0.15, 0.2) is 12.1 Å². The highest BCUT2D eigenvalue weighted by Crippen LogP contribution is 2.31. The van der Waals surface area contributed by atoms with E-state index in [1.54, 1.807) is 0 Å². The molecule has 4 nitrogen and oxygen atoms in total. The van der Waals surface area contributed by atoms with Crippen LogP contribution in [0.25, 0.3) is 0 Å². The van der Waals surface area contributed by atoms with Crippen molar-refractivity contribution in [3.8, 4) is 5.75 Å².